The van der Waals surface area contributed by atoms with Crippen LogP contribution in [0.4, 0.5) is 0 Å². The maximum atomic E-state index is 13.9. The van der Waals surface area contributed by atoms with Crippen molar-refractivity contribution in [1.82, 2.24) is 39.6 Å². The van der Waals surface area contributed by atoms with Crippen LogP contribution in [0.2, 0.25) is 0 Å². The first kappa shape index (κ1) is 44.3. The lowest BCUT2D eigenvalue weighted by Gasteiger charge is -2.37. The van der Waals surface area contributed by atoms with E-state index in [1.54, 1.807) is 0 Å². The predicted molar refractivity (Wildman–Crippen MR) is 251 cm³/mol. The Morgan fingerprint density at radius 3 is 2.55 bits per heavy atom. The van der Waals surface area contributed by atoms with Crippen molar-refractivity contribution >= 4 is 40.2 Å². The molecule has 1 aliphatic carbocycles. The van der Waals surface area contributed by atoms with E-state index >= 15 is 0 Å². The van der Waals surface area contributed by atoms with Crippen LogP contribution in [-0.2, 0) is 34.7 Å². The highest BCUT2D eigenvalue weighted by Crippen LogP contribution is 2.35. The Balaban J connectivity index is 0.825. The second kappa shape index (κ2) is 20.1. The van der Waals surface area contributed by atoms with Gasteiger partial charge in [0.1, 0.15) is 17.6 Å². The van der Waals surface area contributed by atoms with Gasteiger partial charge in [-0.3, -0.25) is 4.79 Å². The lowest BCUT2D eigenvalue weighted by Crippen LogP contribution is -2.50. The average Bonchev–Trinajstić information content (AvgIpc) is 4.04. The maximum absolute atomic E-state index is 13.9. The molecule has 0 spiro atoms. The van der Waals surface area contributed by atoms with Crippen LogP contribution in [0.5, 0.6) is 5.75 Å². The van der Waals surface area contributed by atoms with E-state index in [-0.39, 0.29) is 30.5 Å². The summed E-state index contributed by atoms with van der Waals surface area (Å²) in [6, 6.07) is 31.8. The predicted octanol–water partition coefficient (Wildman–Crippen LogP) is 9.71. The van der Waals surface area contributed by atoms with Gasteiger partial charge in [0.15, 0.2) is 11.8 Å². The lowest BCUT2D eigenvalue weighted by atomic mass is 9.95. The molecule has 2 atom stereocenters. The summed E-state index contributed by atoms with van der Waals surface area (Å²) in [6.07, 6.45) is 6.91. The van der Waals surface area contributed by atoms with Gasteiger partial charge in [0.2, 0.25) is 5.91 Å². The number of benzene rings is 4. The van der Waals surface area contributed by atoms with Crippen LogP contribution >= 0.6 is 23.5 Å². The van der Waals surface area contributed by atoms with Crippen molar-refractivity contribution in [3.8, 4) is 17.5 Å². The number of rotatable bonds is 15. The van der Waals surface area contributed by atoms with E-state index in [2.05, 4.69) is 75.4 Å². The number of morpholine rings is 1. The number of aryl methyl sites for hydroxylation is 3. The van der Waals surface area contributed by atoms with Gasteiger partial charge in [-0.2, -0.15) is 10.4 Å². The monoisotopic (exact) mass is 907 g/mol. The van der Waals surface area contributed by atoms with Gasteiger partial charge in [0.25, 0.3) is 11.1 Å². The van der Waals surface area contributed by atoms with Gasteiger partial charge < -0.3 is 23.4 Å². The number of carbonyl (C=O) groups excluding carboxylic acids is 1. The Morgan fingerprint density at radius 1 is 0.908 bits per heavy atom. The summed E-state index contributed by atoms with van der Waals surface area (Å²) in [5.74, 6) is 2.87. The van der Waals surface area contributed by atoms with E-state index in [0.717, 1.165) is 57.6 Å². The smallest absolute Gasteiger partial charge is 0.277 e. The third-order valence-electron chi connectivity index (χ3n) is 12.3. The van der Waals surface area contributed by atoms with Gasteiger partial charge in [-0.1, -0.05) is 110 Å². The standard InChI is InChI=1S/C50H53N9O4S2/c1-32-17-18-33(2)45(23-32)61-29-47-53-55-50(63-47)65-30-44-43(26-51)35(4)56-59(44)40-21-19-36(20-22-40)24-41-28-57(27-34(3)62-41)48(60)31-64-49-54-52-46(58(49)39-14-6-5-7-15-39)25-38-13-10-12-37-11-8-9-16-42(37)38/h8-13,16-23,34,39,41H,5-7,14-15,24-25,27-31H2,1-4H3. The van der Waals surface area contributed by atoms with Gasteiger partial charge in [-0.25, -0.2) is 4.68 Å². The molecule has 2 fully saturated rings. The van der Waals surface area contributed by atoms with E-state index in [0.29, 0.717) is 60.1 Å². The fourth-order valence-corrected chi connectivity index (χ4v) is 10.7. The maximum Gasteiger partial charge on any atom is 0.277 e. The molecule has 334 valence electrons. The van der Waals surface area contributed by atoms with Gasteiger partial charge in [-0.05, 0) is 91.8 Å². The first-order valence-electron chi connectivity index (χ1n) is 22.4. The van der Waals surface area contributed by atoms with Gasteiger partial charge in [-0.15, -0.1) is 20.4 Å². The quantitative estimate of drug-likeness (QED) is 0.0902. The third-order valence-corrected chi connectivity index (χ3v) is 14.1. The van der Waals surface area contributed by atoms with Crippen molar-refractivity contribution in [2.24, 2.45) is 0 Å². The Hall–Kier alpha value is -5.95. The number of ether oxygens (including phenoxy) is 2. The van der Waals surface area contributed by atoms with Gasteiger partial charge >= 0.3 is 0 Å². The first-order valence-corrected chi connectivity index (χ1v) is 24.4. The highest BCUT2D eigenvalue weighted by atomic mass is 32.2. The fraction of sp³-hybridized carbons (Fsp3) is 0.380. The number of amides is 1. The van der Waals surface area contributed by atoms with Crippen LogP contribution < -0.4 is 4.74 Å². The second-order valence-electron chi connectivity index (χ2n) is 17.1. The minimum atomic E-state index is -0.161. The second-order valence-corrected chi connectivity index (χ2v) is 19.0. The molecule has 0 bridgehead atoms. The number of carbonyl (C=O) groups is 1. The van der Waals surface area contributed by atoms with Crippen molar-refractivity contribution in [2.75, 3.05) is 18.8 Å². The van der Waals surface area contributed by atoms with Crippen LogP contribution in [0.3, 0.4) is 0 Å². The number of fused-ring (bicyclic) bond motifs is 1. The summed E-state index contributed by atoms with van der Waals surface area (Å²) < 4.78 is 22.4. The number of thioether (sulfide) groups is 2. The van der Waals surface area contributed by atoms with Crippen LogP contribution in [0.25, 0.3) is 16.5 Å². The van der Waals surface area contributed by atoms with E-state index in [1.165, 1.54) is 59.1 Å². The molecule has 13 nitrogen and oxygen atoms in total. The van der Waals surface area contributed by atoms with Crippen LogP contribution in [0.1, 0.15) is 96.0 Å². The normalized spacial score (nSPS) is 16.8. The Morgan fingerprint density at radius 2 is 1.72 bits per heavy atom. The molecule has 0 N–H and O–H groups in total. The molecule has 4 heterocycles. The third kappa shape index (κ3) is 10.3. The highest BCUT2D eigenvalue weighted by molar-refractivity contribution is 7.99. The van der Waals surface area contributed by atoms with Crippen LogP contribution in [0.15, 0.2) is 99.7 Å². The van der Waals surface area contributed by atoms with Crippen molar-refractivity contribution in [3.63, 3.8) is 0 Å². The fourth-order valence-electron chi connectivity index (χ4n) is 9.02. The van der Waals surface area contributed by atoms with Gasteiger partial charge in [0.05, 0.1) is 40.6 Å². The van der Waals surface area contributed by atoms with Crippen molar-refractivity contribution in [1.29, 1.82) is 5.26 Å². The van der Waals surface area contributed by atoms with Gasteiger partial charge in [0, 0.05) is 37.7 Å². The van der Waals surface area contributed by atoms with E-state index in [4.69, 9.17) is 29.2 Å². The SMILES string of the molecule is Cc1ccc(C)c(OCc2nnc(SCc3c(C#N)c(C)nn3-c3ccc(CC4CN(C(=O)CSc5nnc(Cc6cccc7ccccc67)n5C5CCCCC5)CC(C)O4)cc3)o2)c1. The number of nitriles is 1. The van der Waals surface area contributed by atoms with Crippen molar-refractivity contribution in [3.05, 3.63) is 136 Å². The molecular weight excluding hydrogens is 855 g/mol. The average molecular weight is 908 g/mol. The molecule has 2 unspecified atom stereocenters. The highest BCUT2D eigenvalue weighted by Gasteiger charge is 2.30. The topological polar surface area (TPSA) is 150 Å². The minimum Gasteiger partial charge on any atom is -0.484 e. The van der Waals surface area contributed by atoms with E-state index < -0.39 is 0 Å². The molecule has 1 aliphatic heterocycles. The summed E-state index contributed by atoms with van der Waals surface area (Å²) in [7, 11) is 0. The largest absolute Gasteiger partial charge is 0.484 e. The summed E-state index contributed by atoms with van der Waals surface area (Å²) >= 11 is 2.85. The number of hydrogen-bond acceptors (Lipinski definition) is 12. The molecular formula is C50H53N9O4S2. The molecule has 1 amide bonds. The molecule has 65 heavy (non-hydrogen) atoms. The van der Waals surface area contributed by atoms with Crippen LogP contribution in [-0.4, -0.2) is 76.6 Å². The Bertz CT molecular complexity index is 2820. The molecule has 7 aromatic rings. The number of nitrogens with zero attached hydrogens (tertiary/aromatic N) is 9. The van der Waals surface area contributed by atoms with Crippen molar-refractivity contribution in [2.45, 2.75) is 114 Å². The summed E-state index contributed by atoms with van der Waals surface area (Å²) in [4.78, 5) is 15.9. The lowest BCUT2D eigenvalue weighted by molar-refractivity contribution is -0.141. The van der Waals surface area contributed by atoms with Crippen molar-refractivity contribution < 1.29 is 18.7 Å². The van der Waals surface area contributed by atoms with Crippen LogP contribution in [0, 0.1) is 32.1 Å². The van der Waals surface area contributed by atoms with E-state index in [1.807, 2.05) is 67.6 Å². The molecule has 0 radical (unpaired) electrons. The minimum absolute atomic E-state index is 0.0782. The Labute approximate surface area is 387 Å². The molecule has 2 aliphatic rings. The first-order chi connectivity index (χ1) is 31.7. The summed E-state index contributed by atoms with van der Waals surface area (Å²) in [6.45, 7) is 9.09. The zero-order valence-corrected chi connectivity index (χ0v) is 38.9. The number of hydrogen-bond donors (Lipinski definition) is 0. The molecule has 4 aromatic carbocycles. The number of aromatic nitrogens is 7. The zero-order valence-electron chi connectivity index (χ0n) is 37.3. The molecule has 9 rings (SSSR count). The van der Waals surface area contributed by atoms with E-state index in [9.17, 15) is 10.1 Å². The molecule has 15 heteroatoms. The molecule has 1 saturated carbocycles. The summed E-state index contributed by atoms with van der Waals surface area (Å²) in [5.41, 5.74) is 7.18. The zero-order chi connectivity index (χ0) is 44.9. The Kier molecular flexibility index (Phi) is 13.7. The summed E-state index contributed by atoms with van der Waals surface area (Å²) in [5, 5.41) is 36.3. The molecule has 1 saturated heterocycles. The molecule has 3 aromatic heterocycles.